The number of aromatic nitrogens is 1. The average Bonchev–Trinajstić information content (AvgIpc) is 2.66. The molecule has 5 nitrogen and oxygen atoms in total. The van der Waals surface area contributed by atoms with E-state index in [2.05, 4.69) is 15.2 Å². The van der Waals surface area contributed by atoms with Crippen LogP contribution in [0.4, 0.5) is 10.9 Å². The van der Waals surface area contributed by atoms with Crippen LogP contribution in [0.2, 0.25) is 0 Å². The smallest absolute Gasteiger partial charge is 0.265 e. The van der Waals surface area contributed by atoms with Crippen LogP contribution in [-0.2, 0) is 0 Å². The molecule has 2 rings (SSSR count). The van der Waals surface area contributed by atoms with E-state index in [4.69, 9.17) is 5.73 Å². The van der Waals surface area contributed by atoms with Crippen LogP contribution in [0.25, 0.3) is 0 Å². The van der Waals surface area contributed by atoms with Crippen molar-refractivity contribution in [3.8, 4) is 0 Å². The first kappa shape index (κ1) is 15.4. The molecule has 2 heterocycles. The van der Waals surface area contributed by atoms with Crippen molar-refractivity contribution in [2.45, 2.75) is 25.7 Å². The summed E-state index contributed by atoms with van der Waals surface area (Å²) < 4.78 is 0. The van der Waals surface area contributed by atoms with Gasteiger partial charge in [0.15, 0.2) is 5.13 Å². The Morgan fingerprint density at radius 2 is 2.10 bits per heavy atom. The summed E-state index contributed by atoms with van der Waals surface area (Å²) in [5.41, 5.74) is 5.90. The second-order valence-corrected chi connectivity index (χ2v) is 6.82. The molecule has 1 aliphatic heterocycles. The van der Waals surface area contributed by atoms with Crippen LogP contribution in [0.3, 0.4) is 0 Å². The maximum atomic E-state index is 12.1. The van der Waals surface area contributed by atoms with E-state index in [1.165, 1.54) is 37.0 Å². The Kier molecular flexibility index (Phi) is 5.97. The lowest BCUT2D eigenvalue weighted by Crippen LogP contribution is -2.25. The van der Waals surface area contributed by atoms with Gasteiger partial charge in [-0.25, -0.2) is 4.98 Å². The molecule has 20 heavy (non-hydrogen) atoms. The van der Waals surface area contributed by atoms with Gasteiger partial charge in [-0.05, 0) is 19.1 Å². The largest absolute Gasteiger partial charge is 0.382 e. The van der Waals surface area contributed by atoms with Gasteiger partial charge in [-0.2, -0.15) is 11.8 Å². The molecule has 112 valence electrons. The molecule has 0 aromatic carbocycles. The van der Waals surface area contributed by atoms with E-state index >= 15 is 0 Å². The molecular formula is C13H22N4OS2. The number of hydrogen-bond acceptors (Lipinski definition) is 6. The fourth-order valence-electron chi connectivity index (χ4n) is 2.23. The monoisotopic (exact) mass is 314 g/mol. The number of carbonyl (C=O) groups is 1. The lowest BCUT2D eigenvalue weighted by atomic mass is 10.2. The normalized spacial score (nSPS) is 15.9. The van der Waals surface area contributed by atoms with Gasteiger partial charge in [-0.15, -0.1) is 0 Å². The highest BCUT2D eigenvalue weighted by Crippen LogP contribution is 2.29. The summed E-state index contributed by atoms with van der Waals surface area (Å²) in [5.74, 6) is 1.16. The molecule has 1 fully saturated rings. The molecule has 1 amide bonds. The van der Waals surface area contributed by atoms with Crippen molar-refractivity contribution in [3.05, 3.63) is 4.88 Å². The predicted octanol–water partition coefficient (Wildman–Crippen LogP) is 2.20. The van der Waals surface area contributed by atoms with Crippen molar-refractivity contribution < 1.29 is 4.79 Å². The fourth-order valence-corrected chi connectivity index (χ4v) is 3.49. The molecular weight excluding hydrogens is 292 g/mol. The van der Waals surface area contributed by atoms with Gasteiger partial charge in [0.1, 0.15) is 10.7 Å². The van der Waals surface area contributed by atoms with Crippen molar-refractivity contribution in [1.82, 2.24) is 10.3 Å². The molecule has 0 atom stereocenters. The van der Waals surface area contributed by atoms with E-state index in [-0.39, 0.29) is 5.91 Å². The van der Waals surface area contributed by atoms with Crippen LogP contribution >= 0.6 is 23.1 Å². The van der Waals surface area contributed by atoms with Gasteiger partial charge >= 0.3 is 0 Å². The van der Waals surface area contributed by atoms with Gasteiger partial charge in [0.2, 0.25) is 0 Å². The topological polar surface area (TPSA) is 71.2 Å². The van der Waals surface area contributed by atoms with Gasteiger partial charge < -0.3 is 16.0 Å². The number of thioether (sulfide) groups is 1. The number of thiazole rings is 1. The van der Waals surface area contributed by atoms with E-state index in [9.17, 15) is 4.79 Å². The number of nitrogens with one attached hydrogen (secondary N) is 1. The molecule has 0 radical (unpaired) electrons. The van der Waals surface area contributed by atoms with Crippen molar-refractivity contribution in [1.29, 1.82) is 0 Å². The second kappa shape index (κ2) is 7.73. The first-order valence-electron chi connectivity index (χ1n) is 7.00. The molecule has 1 saturated heterocycles. The van der Waals surface area contributed by atoms with Crippen LogP contribution < -0.4 is 16.0 Å². The molecule has 1 aromatic heterocycles. The zero-order valence-corrected chi connectivity index (χ0v) is 13.5. The number of anilines is 2. The number of nitrogens with two attached hydrogens (primary N) is 1. The summed E-state index contributed by atoms with van der Waals surface area (Å²) in [4.78, 5) is 19.2. The van der Waals surface area contributed by atoms with Gasteiger partial charge in [0, 0.05) is 25.4 Å². The summed E-state index contributed by atoms with van der Waals surface area (Å²) in [6.07, 6.45) is 6.95. The van der Waals surface area contributed by atoms with Crippen LogP contribution in [-0.4, -0.2) is 42.5 Å². The quantitative estimate of drug-likeness (QED) is 0.815. The van der Waals surface area contributed by atoms with Crippen molar-refractivity contribution in [2.75, 3.05) is 42.3 Å². The number of nitrogen functional groups attached to an aromatic ring is 1. The highest BCUT2D eigenvalue weighted by molar-refractivity contribution is 7.98. The maximum absolute atomic E-state index is 12.1. The van der Waals surface area contributed by atoms with Gasteiger partial charge in [-0.1, -0.05) is 24.2 Å². The minimum atomic E-state index is -0.102. The van der Waals surface area contributed by atoms with Crippen molar-refractivity contribution >= 4 is 40.0 Å². The van der Waals surface area contributed by atoms with E-state index in [1.807, 2.05) is 6.26 Å². The molecule has 1 aromatic rings. The zero-order chi connectivity index (χ0) is 14.4. The highest BCUT2D eigenvalue weighted by atomic mass is 32.2. The highest BCUT2D eigenvalue weighted by Gasteiger charge is 2.20. The number of hydrogen-bond donors (Lipinski definition) is 2. The third kappa shape index (κ3) is 4.02. The SMILES string of the molecule is CSCCNC(=O)c1sc(N2CCCCCC2)nc1N. The van der Waals surface area contributed by atoms with Gasteiger partial charge in [0.05, 0.1) is 0 Å². The summed E-state index contributed by atoms with van der Waals surface area (Å²) in [5, 5.41) is 3.77. The lowest BCUT2D eigenvalue weighted by molar-refractivity contribution is 0.0961. The Balaban J connectivity index is 2.02. The Bertz CT molecular complexity index is 442. The van der Waals surface area contributed by atoms with Crippen molar-refractivity contribution in [2.24, 2.45) is 0 Å². The molecule has 0 aliphatic carbocycles. The number of carbonyl (C=O) groups excluding carboxylic acids is 1. The van der Waals surface area contributed by atoms with E-state index in [0.29, 0.717) is 17.2 Å². The van der Waals surface area contributed by atoms with E-state index < -0.39 is 0 Å². The number of amides is 1. The average molecular weight is 314 g/mol. The molecule has 0 saturated carbocycles. The molecule has 7 heteroatoms. The van der Waals surface area contributed by atoms with Gasteiger partial charge in [-0.3, -0.25) is 4.79 Å². The minimum absolute atomic E-state index is 0.102. The summed E-state index contributed by atoms with van der Waals surface area (Å²) >= 11 is 3.12. The summed E-state index contributed by atoms with van der Waals surface area (Å²) in [6, 6.07) is 0. The molecule has 3 N–H and O–H groups in total. The Labute approximate surface area is 128 Å². The number of rotatable bonds is 5. The Hall–Kier alpha value is -0.950. The van der Waals surface area contributed by atoms with Crippen molar-refractivity contribution in [3.63, 3.8) is 0 Å². The van der Waals surface area contributed by atoms with Gasteiger partial charge in [0.25, 0.3) is 5.91 Å². The maximum Gasteiger partial charge on any atom is 0.265 e. The first-order chi connectivity index (χ1) is 9.72. The van der Waals surface area contributed by atoms with Crippen LogP contribution in [0.15, 0.2) is 0 Å². The zero-order valence-electron chi connectivity index (χ0n) is 11.9. The van der Waals surface area contributed by atoms with Crippen LogP contribution in [0, 0.1) is 0 Å². The van der Waals surface area contributed by atoms with Crippen LogP contribution in [0.1, 0.15) is 35.4 Å². The first-order valence-corrected chi connectivity index (χ1v) is 9.22. The number of nitrogens with zero attached hydrogens (tertiary/aromatic N) is 2. The Morgan fingerprint density at radius 3 is 2.75 bits per heavy atom. The standard InChI is InChI=1S/C13H22N4OS2/c1-19-9-6-15-12(18)10-11(14)16-13(20-10)17-7-4-2-3-5-8-17/h2-9,14H2,1H3,(H,15,18). The van der Waals surface area contributed by atoms with E-state index in [0.717, 1.165) is 24.0 Å². The Morgan fingerprint density at radius 1 is 1.40 bits per heavy atom. The second-order valence-electron chi connectivity index (χ2n) is 4.86. The fraction of sp³-hybridized carbons (Fsp3) is 0.692. The molecule has 0 spiro atoms. The molecule has 1 aliphatic rings. The summed E-state index contributed by atoms with van der Waals surface area (Å²) in [6.45, 7) is 2.69. The lowest BCUT2D eigenvalue weighted by Gasteiger charge is -2.18. The predicted molar refractivity (Wildman–Crippen MR) is 87.9 cm³/mol. The van der Waals surface area contributed by atoms with Crippen LogP contribution in [0.5, 0.6) is 0 Å². The minimum Gasteiger partial charge on any atom is -0.382 e. The molecule has 0 bridgehead atoms. The third-order valence-corrected chi connectivity index (χ3v) is 5.06. The third-order valence-electron chi connectivity index (χ3n) is 3.32. The van der Waals surface area contributed by atoms with E-state index in [1.54, 1.807) is 11.8 Å². The summed E-state index contributed by atoms with van der Waals surface area (Å²) in [7, 11) is 0. The molecule has 0 unspecified atom stereocenters.